The first-order chi connectivity index (χ1) is 12.1. The third-order valence-corrected chi connectivity index (χ3v) is 5.47. The average molecular weight is 368 g/mol. The smallest absolute Gasteiger partial charge is 0.242 e. The van der Waals surface area contributed by atoms with E-state index in [2.05, 4.69) is 17.6 Å². The van der Waals surface area contributed by atoms with Crippen LogP contribution in [0.3, 0.4) is 0 Å². The summed E-state index contributed by atoms with van der Waals surface area (Å²) in [6.45, 7) is 2.20. The SMILES string of the molecule is CCCCC[C@H]1N[C@H](C(=O)Nc2cc(OC)c(OC)c(OC)c2)CS1. The van der Waals surface area contributed by atoms with Crippen molar-refractivity contribution in [2.75, 3.05) is 32.4 Å². The molecule has 0 radical (unpaired) electrons. The molecule has 1 aromatic carbocycles. The van der Waals surface area contributed by atoms with Gasteiger partial charge in [-0.3, -0.25) is 10.1 Å². The summed E-state index contributed by atoms with van der Waals surface area (Å²) in [6.07, 6.45) is 4.75. The molecule has 6 nitrogen and oxygen atoms in total. The van der Waals surface area contributed by atoms with E-state index in [-0.39, 0.29) is 11.9 Å². The maximum Gasteiger partial charge on any atom is 0.242 e. The van der Waals surface area contributed by atoms with E-state index in [0.29, 0.717) is 28.3 Å². The van der Waals surface area contributed by atoms with E-state index in [4.69, 9.17) is 14.2 Å². The van der Waals surface area contributed by atoms with Gasteiger partial charge in [-0.2, -0.15) is 0 Å². The number of benzene rings is 1. The molecule has 0 saturated carbocycles. The first kappa shape index (κ1) is 19.7. The van der Waals surface area contributed by atoms with Gasteiger partial charge < -0.3 is 19.5 Å². The van der Waals surface area contributed by atoms with Gasteiger partial charge in [0.15, 0.2) is 11.5 Å². The van der Waals surface area contributed by atoms with Gasteiger partial charge in [0.05, 0.1) is 32.7 Å². The van der Waals surface area contributed by atoms with Crippen molar-refractivity contribution in [2.45, 2.75) is 44.0 Å². The highest BCUT2D eigenvalue weighted by atomic mass is 32.2. The molecule has 2 N–H and O–H groups in total. The van der Waals surface area contributed by atoms with Crippen molar-refractivity contribution < 1.29 is 19.0 Å². The lowest BCUT2D eigenvalue weighted by Gasteiger charge is -2.16. The van der Waals surface area contributed by atoms with Crippen molar-refractivity contribution in [1.29, 1.82) is 0 Å². The number of anilines is 1. The zero-order valence-corrected chi connectivity index (χ0v) is 16.2. The van der Waals surface area contributed by atoms with Crippen molar-refractivity contribution >= 4 is 23.4 Å². The number of thioether (sulfide) groups is 1. The number of unbranched alkanes of at least 4 members (excludes halogenated alkanes) is 2. The quantitative estimate of drug-likeness (QED) is 0.652. The molecule has 2 rings (SSSR count). The van der Waals surface area contributed by atoms with Crippen molar-refractivity contribution in [3.05, 3.63) is 12.1 Å². The van der Waals surface area contributed by atoms with Gasteiger partial charge in [-0.05, 0) is 6.42 Å². The molecular formula is C18H28N2O4S. The van der Waals surface area contributed by atoms with Crippen LogP contribution in [-0.2, 0) is 4.79 Å². The van der Waals surface area contributed by atoms with Crippen LogP contribution in [0.5, 0.6) is 17.2 Å². The van der Waals surface area contributed by atoms with Crippen molar-refractivity contribution in [1.82, 2.24) is 5.32 Å². The molecule has 0 spiro atoms. The van der Waals surface area contributed by atoms with E-state index in [1.165, 1.54) is 19.3 Å². The summed E-state index contributed by atoms with van der Waals surface area (Å²) in [6, 6.07) is 3.29. The van der Waals surface area contributed by atoms with Crippen LogP contribution in [0.1, 0.15) is 32.6 Å². The highest BCUT2D eigenvalue weighted by Gasteiger charge is 2.29. The minimum atomic E-state index is -0.185. The number of carbonyl (C=O) groups excluding carboxylic acids is 1. The first-order valence-electron chi connectivity index (χ1n) is 8.61. The number of hydrogen-bond donors (Lipinski definition) is 2. The van der Waals surface area contributed by atoms with Crippen LogP contribution in [0.15, 0.2) is 12.1 Å². The van der Waals surface area contributed by atoms with Gasteiger partial charge in [0.25, 0.3) is 0 Å². The Morgan fingerprint density at radius 2 is 1.88 bits per heavy atom. The average Bonchev–Trinajstić information content (AvgIpc) is 3.10. The fourth-order valence-corrected chi connectivity index (χ4v) is 4.08. The molecule has 0 aromatic heterocycles. The fraction of sp³-hybridized carbons (Fsp3) is 0.611. The van der Waals surface area contributed by atoms with Gasteiger partial charge in [-0.15, -0.1) is 11.8 Å². The summed E-state index contributed by atoms with van der Waals surface area (Å²) < 4.78 is 15.9. The predicted molar refractivity (Wildman–Crippen MR) is 102 cm³/mol. The molecule has 1 amide bonds. The van der Waals surface area contributed by atoms with Gasteiger partial charge in [-0.25, -0.2) is 0 Å². The van der Waals surface area contributed by atoms with Crippen LogP contribution < -0.4 is 24.8 Å². The lowest BCUT2D eigenvalue weighted by Crippen LogP contribution is -2.40. The van der Waals surface area contributed by atoms with Crippen LogP contribution in [0.25, 0.3) is 0 Å². The molecule has 2 atom stereocenters. The standard InChI is InChI=1S/C18H28N2O4S/c1-5-6-7-8-16-20-13(11-25-16)18(21)19-12-9-14(22-2)17(24-4)15(10-12)23-3/h9-10,13,16,20H,5-8,11H2,1-4H3,(H,19,21)/t13-,16-/m0/s1. The Kier molecular flexibility index (Phi) is 7.71. The van der Waals surface area contributed by atoms with Crippen molar-refractivity contribution in [3.8, 4) is 17.2 Å². The Hall–Kier alpha value is -1.60. The molecular weight excluding hydrogens is 340 g/mol. The highest BCUT2D eigenvalue weighted by Crippen LogP contribution is 2.40. The molecule has 7 heteroatoms. The number of rotatable bonds is 9. The first-order valence-corrected chi connectivity index (χ1v) is 9.66. The Balaban J connectivity index is 1.99. The number of nitrogens with one attached hydrogen (secondary N) is 2. The maximum absolute atomic E-state index is 12.5. The molecule has 140 valence electrons. The molecule has 0 unspecified atom stereocenters. The summed E-state index contributed by atoms with van der Waals surface area (Å²) in [4.78, 5) is 12.5. The van der Waals surface area contributed by atoms with Gasteiger partial charge in [0.2, 0.25) is 11.7 Å². The monoisotopic (exact) mass is 368 g/mol. The Morgan fingerprint density at radius 3 is 2.44 bits per heavy atom. The van der Waals surface area contributed by atoms with Crippen LogP contribution in [0.2, 0.25) is 0 Å². The normalized spacial score (nSPS) is 19.5. The summed E-state index contributed by atoms with van der Waals surface area (Å²) in [7, 11) is 4.66. The second-order valence-corrected chi connectivity index (χ2v) is 7.18. The van der Waals surface area contributed by atoms with Gasteiger partial charge >= 0.3 is 0 Å². The van der Waals surface area contributed by atoms with Gasteiger partial charge in [0, 0.05) is 23.6 Å². The molecule has 1 aliphatic heterocycles. The third-order valence-electron chi connectivity index (χ3n) is 4.17. The highest BCUT2D eigenvalue weighted by molar-refractivity contribution is 8.00. The van der Waals surface area contributed by atoms with Crippen LogP contribution in [0, 0.1) is 0 Å². The minimum absolute atomic E-state index is 0.0419. The summed E-state index contributed by atoms with van der Waals surface area (Å²) in [5.74, 6) is 2.28. The second-order valence-electron chi connectivity index (χ2n) is 5.94. The van der Waals surface area contributed by atoms with Crippen LogP contribution in [0.4, 0.5) is 5.69 Å². The van der Waals surface area contributed by atoms with Crippen molar-refractivity contribution in [2.24, 2.45) is 0 Å². The molecule has 1 saturated heterocycles. The molecule has 1 aliphatic rings. The third kappa shape index (κ3) is 5.19. The fourth-order valence-electron chi connectivity index (χ4n) is 2.81. The predicted octanol–water partition coefficient (Wildman–Crippen LogP) is 3.26. The Labute approximate surface area is 154 Å². The van der Waals surface area contributed by atoms with Crippen molar-refractivity contribution in [3.63, 3.8) is 0 Å². The molecule has 1 heterocycles. The molecule has 1 fully saturated rings. The summed E-state index contributed by atoms with van der Waals surface area (Å²) in [5, 5.41) is 6.72. The zero-order chi connectivity index (χ0) is 18.2. The molecule has 0 bridgehead atoms. The van der Waals surface area contributed by atoms with Crippen LogP contribution in [-0.4, -0.2) is 44.4 Å². The lowest BCUT2D eigenvalue weighted by atomic mass is 10.2. The Bertz CT molecular complexity index is 557. The van der Waals surface area contributed by atoms with E-state index < -0.39 is 0 Å². The number of carbonyl (C=O) groups is 1. The zero-order valence-electron chi connectivity index (χ0n) is 15.4. The van der Waals surface area contributed by atoms with Gasteiger partial charge in [0.1, 0.15) is 0 Å². The maximum atomic E-state index is 12.5. The molecule has 0 aliphatic carbocycles. The largest absolute Gasteiger partial charge is 0.493 e. The van der Waals surface area contributed by atoms with Gasteiger partial charge in [-0.1, -0.05) is 26.2 Å². The van der Waals surface area contributed by atoms with Crippen LogP contribution >= 0.6 is 11.8 Å². The number of hydrogen-bond acceptors (Lipinski definition) is 6. The lowest BCUT2D eigenvalue weighted by molar-refractivity contribution is -0.117. The number of amides is 1. The van der Waals surface area contributed by atoms with E-state index in [0.717, 1.165) is 12.2 Å². The van der Waals surface area contributed by atoms with E-state index in [1.807, 2.05) is 11.8 Å². The number of ether oxygens (including phenoxy) is 3. The van der Waals surface area contributed by atoms with E-state index in [9.17, 15) is 4.79 Å². The number of methoxy groups -OCH3 is 3. The summed E-state index contributed by atoms with van der Waals surface area (Å²) in [5.41, 5.74) is 0.626. The minimum Gasteiger partial charge on any atom is -0.493 e. The Morgan fingerprint density at radius 1 is 1.20 bits per heavy atom. The molecule has 1 aromatic rings. The topological polar surface area (TPSA) is 68.8 Å². The van der Waals surface area contributed by atoms with E-state index in [1.54, 1.807) is 33.5 Å². The summed E-state index contributed by atoms with van der Waals surface area (Å²) >= 11 is 1.82. The second kappa shape index (κ2) is 9.77. The van der Waals surface area contributed by atoms with E-state index >= 15 is 0 Å². The molecule has 25 heavy (non-hydrogen) atoms.